The molecule has 0 aliphatic heterocycles. The molecule has 4 heteroatoms. The fourth-order valence-corrected chi connectivity index (χ4v) is 2.90. The van der Waals surface area contributed by atoms with Gasteiger partial charge in [-0.15, -0.1) is 0 Å². The zero-order valence-corrected chi connectivity index (χ0v) is 14.7. The van der Waals surface area contributed by atoms with E-state index in [0.29, 0.717) is 16.7 Å². The van der Waals surface area contributed by atoms with Crippen LogP contribution in [0.25, 0.3) is 22.3 Å². The summed E-state index contributed by atoms with van der Waals surface area (Å²) in [5.41, 5.74) is 4.01. The number of anilines is 1. The number of carbonyl (C=O) groups excluding carboxylic acids is 1. The average molecular weight is 349 g/mol. The molecule has 0 fully saturated rings. The Morgan fingerprint density at radius 2 is 1.62 bits per heavy atom. The lowest BCUT2D eigenvalue weighted by Crippen LogP contribution is -2.07. The minimum atomic E-state index is -0.546. The van der Waals surface area contributed by atoms with Gasteiger partial charge in [-0.2, -0.15) is 0 Å². The Bertz CT molecular complexity index is 949. The lowest BCUT2D eigenvalue weighted by atomic mass is 9.96. The zero-order valence-electron chi connectivity index (χ0n) is 14.7. The van der Waals surface area contributed by atoms with Crippen LogP contribution in [-0.4, -0.2) is 11.0 Å². The second kappa shape index (κ2) is 7.40. The number of hydrogen-bond acceptors (Lipinski definition) is 2. The van der Waals surface area contributed by atoms with Crippen molar-refractivity contribution in [3.05, 3.63) is 72.0 Å². The van der Waals surface area contributed by atoms with Gasteiger partial charge in [0, 0.05) is 18.1 Å². The van der Waals surface area contributed by atoms with Gasteiger partial charge in [-0.05, 0) is 35.2 Å². The van der Waals surface area contributed by atoms with Crippen molar-refractivity contribution in [1.82, 2.24) is 0 Å². The van der Waals surface area contributed by atoms with Crippen molar-refractivity contribution >= 4 is 11.6 Å². The summed E-state index contributed by atoms with van der Waals surface area (Å²) in [5.74, 6) is -0.782. The highest BCUT2D eigenvalue weighted by Gasteiger charge is 2.13. The molecule has 3 nitrogen and oxygen atoms in total. The summed E-state index contributed by atoms with van der Waals surface area (Å²) in [7, 11) is 0. The van der Waals surface area contributed by atoms with Gasteiger partial charge in [-0.1, -0.05) is 55.5 Å². The number of para-hydroxylation sites is 1. The number of rotatable bonds is 4. The molecule has 0 aliphatic rings. The summed E-state index contributed by atoms with van der Waals surface area (Å²) in [6, 6.07) is 17.9. The summed E-state index contributed by atoms with van der Waals surface area (Å²) in [5, 5.41) is 13.2. The molecule has 0 aliphatic carbocycles. The van der Waals surface area contributed by atoms with Crippen molar-refractivity contribution in [2.24, 2.45) is 0 Å². The summed E-state index contributed by atoms with van der Waals surface area (Å²) in [4.78, 5) is 11.1. The number of amides is 1. The van der Waals surface area contributed by atoms with Crippen LogP contribution in [0.2, 0.25) is 0 Å². The molecule has 0 aromatic heterocycles. The normalized spacial score (nSPS) is 10.6. The van der Waals surface area contributed by atoms with E-state index in [-0.39, 0.29) is 17.3 Å². The maximum atomic E-state index is 14.2. The Balaban J connectivity index is 2.01. The Morgan fingerprint density at radius 1 is 1.00 bits per heavy atom. The lowest BCUT2D eigenvalue weighted by Gasteiger charge is -2.12. The summed E-state index contributed by atoms with van der Waals surface area (Å²) in [6.07, 6.45) is 0.951. The lowest BCUT2D eigenvalue weighted by molar-refractivity contribution is -0.114. The molecule has 2 N–H and O–H groups in total. The number of halogens is 1. The van der Waals surface area contributed by atoms with Crippen LogP contribution < -0.4 is 5.32 Å². The molecule has 0 heterocycles. The quantitative estimate of drug-likeness (QED) is 0.664. The van der Waals surface area contributed by atoms with E-state index in [0.717, 1.165) is 12.0 Å². The Morgan fingerprint density at radius 3 is 2.19 bits per heavy atom. The number of aryl methyl sites for hydroxylation is 1. The molecule has 0 radical (unpaired) electrons. The predicted molar refractivity (Wildman–Crippen MR) is 103 cm³/mol. The largest absolute Gasteiger partial charge is 0.507 e. The van der Waals surface area contributed by atoms with Crippen molar-refractivity contribution in [2.75, 3.05) is 5.32 Å². The molecule has 0 saturated carbocycles. The summed E-state index contributed by atoms with van der Waals surface area (Å²) in [6.45, 7) is 3.42. The monoisotopic (exact) mass is 349 g/mol. The van der Waals surface area contributed by atoms with E-state index in [1.165, 1.54) is 24.6 Å². The number of phenolic OH excluding ortho intramolecular Hbond substituents is 1. The van der Waals surface area contributed by atoms with Crippen molar-refractivity contribution in [3.8, 4) is 28.0 Å². The number of nitrogens with one attached hydrogen (secondary N) is 1. The topological polar surface area (TPSA) is 49.3 Å². The molecule has 132 valence electrons. The van der Waals surface area contributed by atoms with Crippen LogP contribution in [0, 0.1) is 5.82 Å². The van der Waals surface area contributed by atoms with Crippen molar-refractivity contribution in [3.63, 3.8) is 0 Å². The molecular weight excluding hydrogens is 329 g/mol. The van der Waals surface area contributed by atoms with Crippen LogP contribution >= 0.6 is 0 Å². The van der Waals surface area contributed by atoms with Crippen LogP contribution in [-0.2, 0) is 11.2 Å². The number of carbonyl (C=O) groups is 1. The first-order valence-electron chi connectivity index (χ1n) is 8.48. The highest BCUT2D eigenvalue weighted by molar-refractivity contribution is 5.89. The third-order valence-electron chi connectivity index (χ3n) is 4.30. The van der Waals surface area contributed by atoms with Gasteiger partial charge in [-0.3, -0.25) is 4.79 Å². The second-order valence-corrected chi connectivity index (χ2v) is 6.13. The third kappa shape index (κ3) is 3.59. The summed E-state index contributed by atoms with van der Waals surface area (Å²) < 4.78 is 14.2. The molecule has 3 rings (SSSR count). The van der Waals surface area contributed by atoms with E-state index < -0.39 is 5.82 Å². The average Bonchev–Trinajstić information content (AvgIpc) is 2.63. The van der Waals surface area contributed by atoms with Gasteiger partial charge in [0.2, 0.25) is 5.91 Å². The maximum absolute atomic E-state index is 14.2. The van der Waals surface area contributed by atoms with Crippen LogP contribution in [0.4, 0.5) is 10.1 Å². The Labute approximate surface area is 152 Å². The van der Waals surface area contributed by atoms with Crippen LogP contribution in [0.15, 0.2) is 60.7 Å². The number of aromatic hydroxyl groups is 1. The predicted octanol–water partition coefficient (Wildman–Crippen LogP) is 5.39. The number of benzene rings is 3. The molecule has 0 saturated heterocycles. The summed E-state index contributed by atoms with van der Waals surface area (Å²) >= 11 is 0. The van der Waals surface area contributed by atoms with E-state index in [2.05, 4.69) is 12.2 Å². The minimum Gasteiger partial charge on any atom is -0.507 e. The Hall–Kier alpha value is -3.14. The van der Waals surface area contributed by atoms with E-state index >= 15 is 0 Å². The van der Waals surface area contributed by atoms with E-state index in [1.54, 1.807) is 12.1 Å². The number of phenols is 1. The van der Waals surface area contributed by atoms with Gasteiger partial charge in [0.1, 0.15) is 11.6 Å². The molecule has 0 atom stereocenters. The maximum Gasteiger partial charge on any atom is 0.221 e. The first kappa shape index (κ1) is 17.7. The van der Waals surface area contributed by atoms with Crippen LogP contribution in [0.3, 0.4) is 0 Å². The SMILES string of the molecule is CCc1ccc(-c2cccc(-c3ccc(NC(C)=O)c(F)c3)c2O)cc1. The van der Waals surface area contributed by atoms with E-state index in [9.17, 15) is 14.3 Å². The molecule has 0 bridgehead atoms. The van der Waals surface area contributed by atoms with Gasteiger partial charge in [-0.25, -0.2) is 4.39 Å². The fraction of sp³-hybridized carbons (Fsp3) is 0.136. The molecular formula is C22H20FNO2. The van der Waals surface area contributed by atoms with Gasteiger partial charge < -0.3 is 10.4 Å². The molecule has 0 spiro atoms. The standard InChI is InChI=1S/C22H20FNO2/c1-3-15-7-9-16(10-8-15)18-5-4-6-19(22(18)26)17-11-12-21(20(23)13-17)24-14(2)25/h4-13,26H,3H2,1-2H3,(H,24,25). The second-order valence-electron chi connectivity index (χ2n) is 6.13. The van der Waals surface area contributed by atoms with Gasteiger partial charge in [0.25, 0.3) is 0 Å². The Kier molecular flexibility index (Phi) is 5.03. The van der Waals surface area contributed by atoms with Gasteiger partial charge in [0.15, 0.2) is 0 Å². The van der Waals surface area contributed by atoms with Crippen LogP contribution in [0.5, 0.6) is 5.75 Å². The highest BCUT2D eigenvalue weighted by Crippen LogP contribution is 2.38. The molecule has 26 heavy (non-hydrogen) atoms. The van der Waals surface area contributed by atoms with Crippen molar-refractivity contribution in [2.45, 2.75) is 20.3 Å². The molecule has 1 amide bonds. The van der Waals surface area contributed by atoms with Gasteiger partial charge >= 0.3 is 0 Å². The first-order chi connectivity index (χ1) is 12.5. The van der Waals surface area contributed by atoms with Gasteiger partial charge in [0.05, 0.1) is 5.69 Å². The van der Waals surface area contributed by atoms with E-state index in [1.807, 2.05) is 36.4 Å². The van der Waals surface area contributed by atoms with Crippen LogP contribution in [0.1, 0.15) is 19.4 Å². The fourth-order valence-electron chi connectivity index (χ4n) is 2.90. The third-order valence-corrected chi connectivity index (χ3v) is 4.30. The highest BCUT2D eigenvalue weighted by atomic mass is 19.1. The minimum absolute atomic E-state index is 0.100. The molecule has 3 aromatic rings. The zero-order chi connectivity index (χ0) is 18.7. The number of hydrogen-bond donors (Lipinski definition) is 2. The molecule has 3 aromatic carbocycles. The molecule has 0 unspecified atom stereocenters. The first-order valence-corrected chi connectivity index (χ1v) is 8.48. The smallest absolute Gasteiger partial charge is 0.221 e. The van der Waals surface area contributed by atoms with Crippen molar-refractivity contribution in [1.29, 1.82) is 0 Å². The van der Waals surface area contributed by atoms with E-state index in [4.69, 9.17) is 0 Å². The van der Waals surface area contributed by atoms with Crippen molar-refractivity contribution < 1.29 is 14.3 Å².